The molecule has 0 aliphatic rings. The highest BCUT2D eigenvalue weighted by Gasteiger charge is 2.12. The van der Waals surface area contributed by atoms with Crippen molar-refractivity contribution in [1.29, 1.82) is 0 Å². The summed E-state index contributed by atoms with van der Waals surface area (Å²) in [5.74, 6) is 1.66. The molecule has 0 aliphatic carbocycles. The minimum Gasteiger partial charge on any atom is -0.496 e. The molecule has 3 nitrogen and oxygen atoms in total. The van der Waals surface area contributed by atoms with Gasteiger partial charge in [0.1, 0.15) is 11.5 Å². The monoisotopic (exact) mass is 290 g/mol. The van der Waals surface area contributed by atoms with Crippen molar-refractivity contribution in [3.8, 4) is 11.5 Å². The third-order valence-corrected chi connectivity index (χ3v) is 4.50. The van der Waals surface area contributed by atoms with Crippen molar-refractivity contribution < 1.29 is 14.4 Å². The molecule has 0 aromatic heterocycles. The Morgan fingerprint density at radius 2 is 1.20 bits per heavy atom. The lowest BCUT2D eigenvalue weighted by molar-refractivity contribution is 0.410. The normalized spacial score (nSPS) is 10.6. The Morgan fingerprint density at radius 3 is 1.60 bits per heavy atom. The van der Waals surface area contributed by atoms with Gasteiger partial charge in [0.15, 0.2) is 0 Å². The minimum absolute atomic E-state index is 0.622. The molecule has 0 spiro atoms. The zero-order valence-corrected chi connectivity index (χ0v) is 12.6. The molecule has 0 bridgehead atoms. The third kappa shape index (κ3) is 3.72. The average Bonchev–Trinajstić information content (AvgIpc) is 2.48. The molecule has 0 aliphatic heterocycles. The van der Waals surface area contributed by atoms with Crippen LogP contribution < -0.4 is 9.47 Å². The molecule has 106 valence electrons. The van der Waals surface area contributed by atoms with Crippen molar-refractivity contribution in [3.05, 3.63) is 59.7 Å². The Morgan fingerprint density at radius 1 is 0.800 bits per heavy atom. The Hall–Kier alpha value is -1.57. The van der Waals surface area contributed by atoms with E-state index >= 15 is 0 Å². The van der Waals surface area contributed by atoms with Crippen molar-refractivity contribution >= 4 is 8.15 Å². The molecule has 2 rings (SSSR count). The number of ether oxygens (including phenoxy) is 2. The van der Waals surface area contributed by atoms with Gasteiger partial charge in [-0.25, -0.2) is 0 Å². The zero-order chi connectivity index (χ0) is 14.4. The Bertz CT molecular complexity index is 507. The van der Waals surface area contributed by atoms with Crippen LogP contribution in [0.5, 0.6) is 11.5 Å². The largest absolute Gasteiger partial charge is 0.496 e. The smallest absolute Gasteiger partial charge is 0.122 e. The van der Waals surface area contributed by atoms with E-state index in [4.69, 9.17) is 9.47 Å². The van der Waals surface area contributed by atoms with E-state index in [1.54, 1.807) is 14.2 Å². The van der Waals surface area contributed by atoms with E-state index < -0.39 is 8.15 Å². The van der Waals surface area contributed by atoms with E-state index in [9.17, 15) is 4.89 Å². The summed E-state index contributed by atoms with van der Waals surface area (Å²) in [5.41, 5.74) is 2.08. The number of para-hydroxylation sites is 2. The first kappa shape index (κ1) is 14.8. The molecule has 2 aromatic carbocycles. The third-order valence-electron chi connectivity index (χ3n) is 3.09. The molecule has 0 saturated carbocycles. The molecular formula is C16H19O3P. The molecule has 0 radical (unpaired) electrons. The Balaban J connectivity index is 2.07. The van der Waals surface area contributed by atoms with Crippen LogP contribution in [-0.2, 0) is 12.3 Å². The fraction of sp³-hybridized carbons (Fsp3) is 0.250. The lowest BCUT2D eigenvalue weighted by Crippen LogP contribution is -1.95. The van der Waals surface area contributed by atoms with E-state index in [0.29, 0.717) is 12.3 Å². The van der Waals surface area contributed by atoms with Crippen LogP contribution in [0, 0.1) is 0 Å². The summed E-state index contributed by atoms with van der Waals surface area (Å²) in [6, 6.07) is 15.6. The SMILES string of the molecule is COc1ccccc1CP(O)Cc1ccccc1OC. The number of rotatable bonds is 6. The molecule has 0 unspecified atom stereocenters. The lowest BCUT2D eigenvalue weighted by atomic mass is 10.2. The van der Waals surface area contributed by atoms with Gasteiger partial charge in [-0.2, -0.15) is 0 Å². The maximum Gasteiger partial charge on any atom is 0.122 e. The van der Waals surface area contributed by atoms with Crippen LogP contribution in [0.15, 0.2) is 48.5 Å². The van der Waals surface area contributed by atoms with Crippen LogP contribution in [0.1, 0.15) is 11.1 Å². The maximum atomic E-state index is 10.3. The van der Waals surface area contributed by atoms with Crippen LogP contribution in [0.4, 0.5) is 0 Å². The first-order chi connectivity index (χ1) is 9.74. The van der Waals surface area contributed by atoms with Gasteiger partial charge in [-0.05, 0) is 12.1 Å². The maximum absolute atomic E-state index is 10.3. The number of benzene rings is 2. The molecule has 0 atom stereocenters. The summed E-state index contributed by atoms with van der Waals surface area (Å²) in [5, 5.41) is 0. The highest BCUT2D eigenvalue weighted by atomic mass is 31.1. The van der Waals surface area contributed by atoms with Crippen LogP contribution in [0.2, 0.25) is 0 Å². The van der Waals surface area contributed by atoms with Gasteiger partial charge in [0, 0.05) is 31.6 Å². The van der Waals surface area contributed by atoms with Gasteiger partial charge in [0.25, 0.3) is 0 Å². The lowest BCUT2D eigenvalue weighted by Gasteiger charge is -2.15. The quantitative estimate of drug-likeness (QED) is 0.823. The number of hydrogen-bond acceptors (Lipinski definition) is 3. The molecule has 0 fully saturated rings. The summed E-state index contributed by atoms with van der Waals surface area (Å²) < 4.78 is 10.6. The van der Waals surface area contributed by atoms with Crippen LogP contribution in [0.3, 0.4) is 0 Å². The first-order valence-corrected chi connectivity index (χ1v) is 8.08. The summed E-state index contributed by atoms with van der Waals surface area (Å²) in [6.07, 6.45) is 1.24. The van der Waals surface area contributed by atoms with E-state index in [1.807, 2.05) is 48.5 Å². The highest BCUT2D eigenvalue weighted by molar-refractivity contribution is 7.49. The summed E-state index contributed by atoms with van der Waals surface area (Å²) in [6.45, 7) is 0. The second-order valence-electron chi connectivity index (χ2n) is 4.45. The van der Waals surface area contributed by atoms with Gasteiger partial charge in [-0.3, -0.25) is 0 Å². The van der Waals surface area contributed by atoms with Crippen molar-refractivity contribution in [3.63, 3.8) is 0 Å². The summed E-state index contributed by atoms with van der Waals surface area (Å²) in [4.78, 5) is 10.3. The van der Waals surface area contributed by atoms with Gasteiger partial charge >= 0.3 is 0 Å². The van der Waals surface area contributed by atoms with Gasteiger partial charge in [0.05, 0.1) is 14.2 Å². The van der Waals surface area contributed by atoms with E-state index in [2.05, 4.69) is 0 Å². The minimum atomic E-state index is -1.14. The van der Waals surface area contributed by atoms with Crippen molar-refractivity contribution in [2.75, 3.05) is 14.2 Å². The molecule has 4 heteroatoms. The Labute approximate surface area is 121 Å². The average molecular weight is 290 g/mol. The first-order valence-electron chi connectivity index (χ1n) is 6.42. The fourth-order valence-corrected chi connectivity index (χ4v) is 3.54. The van der Waals surface area contributed by atoms with E-state index in [-0.39, 0.29) is 0 Å². The van der Waals surface area contributed by atoms with E-state index in [0.717, 1.165) is 22.6 Å². The summed E-state index contributed by atoms with van der Waals surface area (Å²) >= 11 is 0. The van der Waals surface area contributed by atoms with Gasteiger partial charge < -0.3 is 14.4 Å². The second-order valence-corrected chi connectivity index (χ2v) is 6.09. The predicted octanol–water partition coefficient (Wildman–Crippen LogP) is 3.79. The Kier molecular flexibility index (Phi) is 5.40. The molecule has 20 heavy (non-hydrogen) atoms. The van der Waals surface area contributed by atoms with E-state index in [1.165, 1.54) is 0 Å². The molecule has 1 N–H and O–H groups in total. The summed E-state index contributed by atoms with van der Waals surface area (Å²) in [7, 11) is 2.17. The molecular weight excluding hydrogens is 271 g/mol. The number of methoxy groups -OCH3 is 2. The molecule has 0 saturated heterocycles. The topological polar surface area (TPSA) is 38.7 Å². The molecule has 2 aromatic rings. The van der Waals surface area contributed by atoms with Gasteiger partial charge in [-0.1, -0.05) is 36.4 Å². The van der Waals surface area contributed by atoms with Gasteiger partial charge in [-0.15, -0.1) is 0 Å². The standard InChI is InChI=1S/C16H19O3P/c1-18-15-9-5-3-7-13(15)11-20(17)12-14-8-4-6-10-16(14)19-2/h3-10,17H,11-12H2,1-2H3. The van der Waals surface area contributed by atoms with Crippen molar-refractivity contribution in [1.82, 2.24) is 0 Å². The molecule has 0 heterocycles. The number of hydrogen-bond donors (Lipinski definition) is 1. The second kappa shape index (κ2) is 7.28. The van der Waals surface area contributed by atoms with Crippen molar-refractivity contribution in [2.24, 2.45) is 0 Å². The van der Waals surface area contributed by atoms with Crippen LogP contribution >= 0.6 is 8.15 Å². The molecule has 0 amide bonds. The van der Waals surface area contributed by atoms with Crippen LogP contribution in [0.25, 0.3) is 0 Å². The highest BCUT2D eigenvalue weighted by Crippen LogP contribution is 2.42. The van der Waals surface area contributed by atoms with Crippen molar-refractivity contribution in [2.45, 2.75) is 12.3 Å². The van der Waals surface area contributed by atoms with Crippen LogP contribution in [-0.4, -0.2) is 19.1 Å². The van der Waals surface area contributed by atoms with Gasteiger partial charge in [0.2, 0.25) is 0 Å². The fourth-order valence-electron chi connectivity index (χ4n) is 2.12. The predicted molar refractivity (Wildman–Crippen MR) is 82.5 cm³/mol. The zero-order valence-electron chi connectivity index (χ0n) is 11.7.